The summed E-state index contributed by atoms with van der Waals surface area (Å²) >= 11 is 0. The summed E-state index contributed by atoms with van der Waals surface area (Å²) in [6.07, 6.45) is -0.483. The molecule has 0 saturated carbocycles. The summed E-state index contributed by atoms with van der Waals surface area (Å²) in [5, 5.41) is 17.9. The van der Waals surface area contributed by atoms with Crippen LogP contribution in [0.4, 0.5) is 5.69 Å². The van der Waals surface area contributed by atoms with Crippen molar-refractivity contribution in [3.63, 3.8) is 0 Å². The molecule has 6 heteroatoms. The molecule has 0 aliphatic heterocycles. The molecule has 0 heterocycles. The van der Waals surface area contributed by atoms with Crippen molar-refractivity contribution in [3.05, 3.63) is 23.8 Å². The van der Waals surface area contributed by atoms with E-state index in [0.29, 0.717) is 11.4 Å². The highest BCUT2D eigenvalue weighted by molar-refractivity contribution is 5.84. The van der Waals surface area contributed by atoms with Crippen molar-refractivity contribution in [3.8, 4) is 5.75 Å². The van der Waals surface area contributed by atoms with Crippen LogP contribution in [0.2, 0.25) is 0 Å². The number of aliphatic carboxylic acids is 2. The Morgan fingerprint density at radius 3 is 2.47 bits per heavy atom. The third-order valence-corrected chi connectivity index (χ3v) is 2.83. The van der Waals surface area contributed by atoms with Crippen LogP contribution in [0.3, 0.4) is 0 Å². The van der Waals surface area contributed by atoms with Gasteiger partial charge in [0.25, 0.3) is 0 Å². The van der Waals surface area contributed by atoms with Crippen molar-refractivity contribution in [2.24, 2.45) is 0 Å². The molecule has 104 valence electrons. The molecule has 1 unspecified atom stereocenters. The number of nitrogens with zero attached hydrogens (tertiary/aromatic N) is 1. The number of hydrogen-bond donors (Lipinski definition) is 2. The molecule has 0 radical (unpaired) electrons. The number of methoxy groups -OCH3 is 1. The highest BCUT2D eigenvalue weighted by atomic mass is 16.5. The summed E-state index contributed by atoms with van der Waals surface area (Å²) in [5.74, 6) is -1.84. The average molecular weight is 267 g/mol. The molecule has 0 fully saturated rings. The predicted octanol–water partition coefficient (Wildman–Crippen LogP) is 1.37. The number of likely N-dealkylation sites (N-methyl/N-ethyl adjacent to an activating group) is 1. The summed E-state index contributed by atoms with van der Waals surface area (Å²) < 4.78 is 5.17. The van der Waals surface area contributed by atoms with E-state index in [9.17, 15) is 9.59 Å². The maximum Gasteiger partial charge on any atom is 0.326 e. The third-order valence-electron chi connectivity index (χ3n) is 2.83. The summed E-state index contributed by atoms with van der Waals surface area (Å²) in [4.78, 5) is 23.3. The number of rotatable bonds is 6. The standard InChI is InChI=1S/C13H17NO5/c1-8-4-5-11(19-3)9(6-8)14(2)10(13(17)18)7-12(15)16/h4-6,10H,7H2,1-3H3,(H,15,16)(H,17,18). The lowest BCUT2D eigenvalue weighted by molar-refractivity contribution is -0.145. The molecule has 0 aliphatic carbocycles. The molecule has 2 N–H and O–H groups in total. The van der Waals surface area contributed by atoms with Gasteiger partial charge in [0.15, 0.2) is 0 Å². The highest BCUT2D eigenvalue weighted by Gasteiger charge is 2.27. The Morgan fingerprint density at radius 2 is 2.00 bits per heavy atom. The summed E-state index contributed by atoms with van der Waals surface area (Å²) in [6.45, 7) is 1.86. The Labute approximate surface area is 111 Å². The second-order valence-electron chi connectivity index (χ2n) is 4.24. The van der Waals surface area contributed by atoms with Gasteiger partial charge in [-0.25, -0.2) is 4.79 Å². The molecule has 0 spiro atoms. The van der Waals surface area contributed by atoms with Gasteiger partial charge in [-0.3, -0.25) is 4.79 Å². The first-order valence-corrected chi connectivity index (χ1v) is 5.69. The van der Waals surface area contributed by atoms with Crippen LogP contribution >= 0.6 is 0 Å². The summed E-state index contributed by atoms with van der Waals surface area (Å²) in [6, 6.07) is 4.17. The van der Waals surface area contributed by atoms with Crippen LogP contribution in [-0.2, 0) is 9.59 Å². The lowest BCUT2D eigenvalue weighted by Gasteiger charge is -2.27. The van der Waals surface area contributed by atoms with Crippen molar-refractivity contribution in [2.45, 2.75) is 19.4 Å². The van der Waals surface area contributed by atoms with Gasteiger partial charge in [-0.1, -0.05) is 6.07 Å². The van der Waals surface area contributed by atoms with Gasteiger partial charge in [-0.2, -0.15) is 0 Å². The highest BCUT2D eigenvalue weighted by Crippen LogP contribution is 2.30. The van der Waals surface area contributed by atoms with Crippen LogP contribution in [0.5, 0.6) is 5.75 Å². The molecule has 0 aromatic heterocycles. The molecular formula is C13H17NO5. The van der Waals surface area contributed by atoms with Gasteiger partial charge in [-0.05, 0) is 24.6 Å². The van der Waals surface area contributed by atoms with Gasteiger partial charge < -0.3 is 19.8 Å². The van der Waals surface area contributed by atoms with Crippen molar-refractivity contribution in [1.82, 2.24) is 0 Å². The molecule has 1 rings (SSSR count). The maximum absolute atomic E-state index is 11.2. The van der Waals surface area contributed by atoms with Crippen molar-refractivity contribution in [2.75, 3.05) is 19.1 Å². The average Bonchev–Trinajstić information content (AvgIpc) is 2.34. The van der Waals surface area contributed by atoms with Gasteiger partial charge in [0, 0.05) is 7.05 Å². The van der Waals surface area contributed by atoms with E-state index in [0.717, 1.165) is 5.56 Å². The Hall–Kier alpha value is -2.24. The Balaban J connectivity index is 3.14. The van der Waals surface area contributed by atoms with E-state index in [1.54, 1.807) is 19.2 Å². The van der Waals surface area contributed by atoms with Gasteiger partial charge >= 0.3 is 11.9 Å². The number of ether oxygens (including phenoxy) is 1. The molecule has 0 saturated heterocycles. The van der Waals surface area contributed by atoms with E-state index in [-0.39, 0.29) is 0 Å². The van der Waals surface area contributed by atoms with Crippen molar-refractivity contribution < 1.29 is 24.5 Å². The molecule has 0 amide bonds. The second-order valence-corrected chi connectivity index (χ2v) is 4.24. The van der Waals surface area contributed by atoms with Gasteiger partial charge in [-0.15, -0.1) is 0 Å². The zero-order valence-electron chi connectivity index (χ0n) is 11.1. The largest absolute Gasteiger partial charge is 0.495 e. The first kappa shape index (κ1) is 14.8. The molecule has 1 aromatic rings. The second kappa shape index (κ2) is 6.08. The Kier molecular flexibility index (Phi) is 4.74. The Bertz CT molecular complexity index is 486. The summed E-state index contributed by atoms with van der Waals surface area (Å²) in [7, 11) is 3.02. The fourth-order valence-corrected chi connectivity index (χ4v) is 1.80. The lowest BCUT2D eigenvalue weighted by atomic mass is 10.1. The minimum absolute atomic E-state index is 0.483. The number of anilines is 1. The maximum atomic E-state index is 11.2. The number of hydrogen-bond acceptors (Lipinski definition) is 4. The zero-order chi connectivity index (χ0) is 14.6. The van der Waals surface area contributed by atoms with Crippen molar-refractivity contribution >= 4 is 17.6 Å². The van der Waals surface area contributed by atoms with Crippen LogP contribution in [0, 0.1) is 6.92 Å². The van der Waals surface area contributed by atoms with Gasteiger partial charge in [0.1, 0.15) is 11.8 Å². The van der Waals surface area contributed by atoms with E-state index >= 15 is 0 Å². The quantitative estimate of drug-likeness (QED) is 0.809. The number of carbonyl (C=O) groups is 2. The minimum Gasteiger partial charge on any atom is -0.495 e. The fraction of sp³-hybridized carbons (Fsp3) is 0.385. The monoisotopic (exact) mass is 267 g/mol. The zero-order valence-corrected chi connectivity index (χ0v) is 11.1. The van der Waals surface area contributed by atoms with Gasteiger partial charge in [0.2, 0.25) is 0 Å². The smallest absolute Gasteiger partial charge is 0.326 e. The number of carboxylic acid groups (broad SMARTS) is 2. The van der Waals surface area contributed by atoms with Crippen LogP contribution in [0.1, 0.15) is 12.0 Å². The molecule has 0 aliphatic rings. The van der Waals surface area contributed by atoms with E-state index in [1.807, 2.05) is 13.0 Å². The third kappa shape index (κ3) is 3.61. The molecule has 6 nitrogen and oxygen atoms in total. The van der Waals surface area contributed by atoms with E-state index in [2.05, 4.69) is 0 Å². The van der Waals surface area contributed by atoms with Crippen LogP contribution < -0.4 is 9.64 Å². The molecule has 1 atom stereocenters. The SMILES string of the molecule is COc1ccc(C)cc1N(C)C(CC(=O)O)C(=O)O. The van der Waals surface area contributed by atoms with Gasteiger partial charge in [0.05, 0.1) is 19.2 Å². The van der Waals surface area contributed by atoms with Crippen molar-refractivity contribution in [1.29, 1.82) is 0 Å². The topological polar surface area (TPSA) is 87.1 Å². The Morgan fingerprint density at radius 1 is 1.37 bits per heavy atom. The van der Waals surface area contributed by atoms with Crippen LogP contribution in [-0.4, -0.2) is 42.4 Å². The van der Waals surface area contributed by atoms with E-state index in [4.69, 9.17) is 14.9 Å². The first-order valence-electron chi connectivity index (χ1n) is 5.69. The minimum atomic E-state index is -1.19. The number of benzene rings is 1. The predicted molar refractivity (Wildman–Crippen MR) is 69.8 cm³/mol. The van der Waals surface area contributed by atoms with Crippen LogP contribution in [0.15, 0.2) is 18.2 Å². The normalized spacial score (nSPS) is 11.7. The molecule has 19 heavy (non-hydrogen) atoms. The first-order chi connectivity index (χ1) is 8.86. The number of carboxylic acids is 2. The number of aryl methyl sites for hydroxylation is 1. The molecular weight excluding hydrogens is 250 g/mol. The molecule has 0 bridgehead atoms. The van der Waals surface area contributed by atoms with E-state index in [1.165, 1.54) is 12.0 Å². The molecule has 1 aromatic carbocycles. The lowest BCUT2D eigenvalue weighted by Crippen LogP contribution is -2.40. The van der Waals surface area contributed by atoms with E-state index < -0.39 is 24.4 Å². The van der Waals surface area contributed by atoms with Crippen LogP contribution in [0.25, 0.3) is 0 Å². The fourth-order valence-electron chi connectivity index (χ4n) is 1.80. The summed E-state index contributed by atoms with van der Waals surface area (Å²) in [5.41, 5.74) is 1.48.